The second kappa shape index (κ2) is 8.12. The van der Waals surface area contributed by atoms with Gasteiger partial charge in [-0.05, 0) is 47.8 Å². The fraction of sp³-hybridized carbons (Fsp3) is 0.0526. The molecule has 0 spiro atoms. The Balaban J connectivity index is 1.52. The summed E-state index contributed by atoms with van der Waals surface area (Å²) in [5.74, 6) is -0.195. The molecule has 126 valence electrons. The number of thiophene rings is 1. The molecule has 1 heterocycles. The maximum Gasteiger partial charge on any atom is 0.319 e. The van der Waals surface area contributed by atoms with Crippen LogP contribution in [0.25, 0.3) is 0 Å². The number of amides is 3. The summed E-state index contributed by atoms with van der Waals surface area (Å²) in [5.41, 5.74) is 1.89. The summed E-state index contributed by atoms with van der Waals surface area (Å²) in [6.07, 6.45) is 0. The minimum atomic E-state index is -0.283. The number of rotatable bonds is 5. The molecule has 3 rings (SSSR count). The molecular weight excluding hydrogens is 334 g/mol. The van der Waals surface area contributed by atoms with Gasteiger partial charge in [-0.15, -0.1) is 11.3 Å². The summed E-state index contributed by atoms with van der Waals surface area (Å²) in [6, 6.07) is 19.6. The third-order valence-corrected chi connectivity index (χ3v) is 4.32. The van der Waals surface area contributed by atoms with Crippen LogP contribution in [0, 0.1) is 0 Å². The highest BCUT2D eigenvalue weighted by Crippen LogP contribution is 2.13. The van der Waals surface area contributed by atoms with E-state index in [4.69, 9.17) is 0 Å². The van der Waals surface area contributed by atoms with Crippen LogP contribution >= 0.6 is 11.3 Å². The van der Waals surface area contributed by atoms with Crippen molar-refractivity contribution >= 4 is 34.6 Å². The lowest BCUT2D eigenvalue weighted by molar-refractivity contribution is 0.102. The fourth-order valence-corrected chi connectivity index (χ4v) is 2.83. The Bertz CT molecular complexity index is 831. The van der Waals surface area contributed by atoms with Gasteiger partial charge in [0.05, 0.1) is 6.54 Å². The summed E-state index contributed by atoms with van der Waals surface area (Å²) >= 11 is 1.59. The number of nitrogens with one attached hydrogen (secondary N) is 3. The summed E-state index contributed by atoms with van der Waals surface area (Å²) in [7, 11) is 0. The molecule has 1 aromatic heterocycles. The lowest BCUT2D eigenvalue weighted by Gasteiger charge is -2.08. The van der Waals surface area contributed by atoms with Crippen molar-refractivity contribution in [1.82, 2.24) is 5.32 Å². The number of carbonyl (C=O) groups excluding carboxylic acids is 2. The third-order valence-electron chi connectivity index (χ3n) is 3.44. The molecule has 3 aromatic rings. The van der Waals surface area contributed by atoms with E-state index in [1.165, 1.54) is 0 Å². The molecule has 0 aliphatic rings. The summed E-state index contributed by atoms with van der Waals surface area (Å²) < 4.78 is 0. The standard InChI is InChI=1S/C19H17N3O2S/c23-18(21-15-5-2-1-3-6-15)14-8-10-16(11-9-14)22-19(24)20-13-17-7-4-12-25-17/h1-12H,13H2,(H,21,23)(H2,20,22,24). The number of para-hydroxylation sites is 1. The molecule has 6 heteroatoms. The largest absolute Gasteiger partial charge is 0.333 e. The highest BCUT2D eigenvalue weighted by Gasteiger charge is 2.07. The molecule has 0 saturated heterocycles. The van der Waals surface area contributed by atoms with Gasteiger partial charge in [0.15, 0.2) is 0 Å². The molecule has 0 bridgehead atoms. The van der Waals surface area contributed by atoms with Crippen LogP contribution in [0.3, 0.4) is 0 Å². The van der Waals surface area contributed by atoms with Gasteiger partial charge in [-0.3, -0.25) is 4.79 Å². The van der Waals surface area contributed by atoms with Crippen LogP contribution < -0.4 is 16.0 Å². The van der Waals surface area contributed by atoms with Crippen LogP contribution in [-0.4, -0.2) is 11.9 Å². The van der Waals surface area contributed by atoms with E-state index in [1.54, 1.807) is 35.6 Å². The average Bonchev–Trinajstić information content (AvgIpc) is 3.15. The van der Waals surface area contributed by atoms with Crippen molar-refractivity contribution in [2.45, 2.75) is 6.54 Å². The van der Waals surface area contributed by atoms with Crippen molar-refractivity contribution < 1.29 is 9.59 Å². The van der Waals surface area contributed by atoms with Crippen molar-refractivity contribution in [3.05, 3.63) is 82.6 Å². The maximum absolute atomic E-state index is 12.2. The SMILES string of the molecule is O=C(NCc1cccs1)Nc1ccc(C(=O)Nc2ccccc2)cc1. The predicted octanol–water partition coefficient (Wildman–Crippen LogP) is 4.32. The summed E-state index contributed by atoms with van der Waals surface area (Å²) in [4.78, 5) is 25.1. The van der Waals surface area contributed by atoms with Gasteiger partial charge in [0, 0.05) is 21.8 Å². The second-order valence-corrected chi connectivity index (χ2v) is 6.32. The van der Waals surface area contributed by atoms with Gasteiger partial charge in [0.2, 0.25) is 0 Å². The highest BCUT2D eigenvalue weighted by atomic mass is 32.1. The Kier molecular flexibility index (Phi) is 5.43. The minimum Gasteiger partial charge on any atom is -0.333 e. The first-order valence-corrected chi connectivity index (χ1v) is 8.62. The first kappa shape index (κ1) is 16.7. The van der Waals surface area contributed by atoms with Gasteiger partial charge in [0.1, 0.15) is 0 Å². The second-order valence-electron chi connectivity index (χ2n) is 5.28. The van der Waals surface area contributed by atoms with Crippen LogP contribution in [0.2, 0.25) is 0 Å². The summed E-state index contributed by atoms with van der Waals surface area (Å²) in [5, 5.41) is 10.3. The van der Waals surface area contributed by atoms with Crippen molar-refractivity contribution in [3.63, 3.8) is 0 Å². The molecule has 25 heavy (non-hydrogen) atoms. The molecule has 5 nitrogen and oxygen atoms in total. The van der Waals surface area contributed by atoms with E-state index in [2.05, 4.69) is 16.0 Å². The first-order valence-electron chi connectivity index (χ1n) is 7.74. The van der Waals surface area contributed by atoms with Crippen molar-refractivity contribution in [3.8, 4) is 0 Å². The van der Waals surface area contributed by atoms with E-state index >= 15 is 0 Å². The smallest absolute Gasteiger partial charge is 0.319 e. The van der Waals surface area contributed by atoms with Crippen LogP contribution in [0.1, 0.15) is 15.2 Å². The summed E-state index contributed by atoms with van der Waals surface area (Å²) in [6.45, 7) is 0.487. The van der Waals surface area contributed by atoms with Crippen LogP contribution in [-0.2, 0) is 6.54 Å². The number of hydrogen-bond donors (Lipinski definition) is 3. The molecule has 0 atom stereocenters. The van der Waals surface area contributed by atoms with Gasteiger partial charge < -0.3 is 16.0 Å². The molecular formula is C19H17N3O2S. The molecule has 3 amide bonds. The zero-order valence-corrected chi connectivity index (χ0v) is 14.2. The molecule has 0 aliphatic carbocycles. The van der Waals surface area contributed by atoms with Gasteiger partial charge >= 0.3 is 6.03 Å². The van der Waals surface area contributed by atoms with Crippen molar-refractivity contribution in [1.29, 1.82) is 0 Å². The van der Waals surface area contributed by atoms with Crippen LogP contribution in [0.15, 0.2) is 72.1 Å². The average molecular weight is 351 g/mol. The molecule has 3 N–H and O–H groups in total. The monoisotopic (exact) mass is 351 g/mol. The molecule has 2 aromatic carbocycles. The van der Waals surface area contributed by atoms with E-state index in [0.29, 0.717) is 17.8 Å². The number of carbonyl (C=O) groups is 2. The Morgan fingerprint density at radius 3 is 2.20 bits per heavy atom. The lowest BCUT2D eigenvalue weighted by Crippen LogP contribution is -2.27. The van der Waals surface area contributed by atoms with Gasteiger partial charge in [-0.2, -0.15) is 0 Å². The van der Waals surface area contributed by atoms with E-state index in [0.717, 1.165) is 10.6 Å². The number of urea groups is 1. The lowest BCUT2D eigenvalue weighted by atomic mass is 10.2. The number of anilines is 2. The van der Waals surface area contributed by atoms with E-state index in [9.17, 15) is 9.59 Å². The zero-order chi connectivity index (χ0) is 17.5. The van der Waals surface area contributed by atoms with Gasteiger partial charge in [0.25, 0.3) is 5.91 Å². The molecule has 0 radical (unpaired) electrons. The zero-order valence-electron chi connectivity index (χ0n) is 13.4. The third kappa shape index (κ3) is 4.92. The Morgan fingerprint density at radius 1 is 0.800 bits per heavy atom. The van der Waals surface area contributed by atoms with Gasteiger partial charge in [-0.1, -0.05) is 24.3 Å². The molecule has 0 fully saturated rings. The quantitative estimate of drug-likeness (QED) is 0.640. The maximum atomic E-state index is 12.2. The van der Waals surface area contributed by atoms with Crippen molar-refractivity contribution in [2.24, 2.45) is 0 Å². The van der Waals surface area contributed by atoms with Crippen LogP contribution in [0.5, 0.6) is 0 Å². The fourth-order valence-electron chi connectivity index (χ4n) is 2.19. The molecule has 0 saturated carbocycles. The molecule has 0 aliphatic heterocycles. The predicted molar refractivity (Wildman–Crippen MR) is 101 cm³/mol. The highest BCUT2D eigenvalue weighted by molar-refractivity contribution is 7.09. The normalized spacial score (nSPS) is 10.1. The van der Waals surface area contributed by atoms with E-state index in [-0.39, 0.29) is 11.9 Å². The van der Waals surface area contributed by atoms with E-state index < -0.39 is 0 Å². The van der Waals surface area contributed by atoms with Crippen molar-refractivity contribution in [2.75, 3.05) is 10.6 Å². The van der Waals surface area contributed by atoms with Gasteiger partial charge in [-0.25, -0.2) is 4.79 Å². The first-order chi connectivity index (χ1) is 12.2. The number of benzene rings is 2. The Hall–Kier alpha value is -3.12. The topological polar surface area (TPSA) is 70.2 Å². The number of hydrogen-bond acceptors (Lipinski definition) is 3. The minimum absolute atomic E-state index is 0.195. The van der Waals surface area contributed by atoms with E-state index in [1.807, 2.05) is 47.8 Å². The Labute approximate surface area is 149 Å². The van der Waals surface area contributed by atoms with Crippen LogP contribution in [0.4, 0.5) is 16.2 Å². The Morgan fingerprint density at radius 2 is 1.52 bits per heavy atom. The molecule has 0 unspecified atom stereocenters.